The second-order valence-corrected chi connectivity index (χ2v) is 7.85. The van der Waals surface area contributed by atoms with Crippen LogP contribution in [0.2, 0.25) is 0 Å². The Morgan fingerprint density at radius 2 is 1.63 bits per heavy atom. The van der Waals surface area contributed by atoms with Crippen molar-refractivity contribution in [1.82, 2.24) is 0 Å². The molecular formula is C22H30LiO3P. The van der Waals surface area contributed by atoms with Crippen LogP contribution < -0.4 is 10.0 Å². The second-order valence-electron chi connectivity index (χ2n) is 6.61. The average Bonchev–Trinajstić information content (AvgIpc) is 2.59. The van der Waals surface area contributed by atoms with Crippen LogP contribution in [0.25, 0.3) is 0 Å². The van der Waals surface area contributed by atoms with Gasteiger partial charge in [-0.2, -0.15) is 0 Å². The van der Waals surface area contributed by atoms with E-state index in [0.29, 0.717) is 19.8 Å². The summed E-state index contributed by atoms with van der Waals surface area (Å²) in [6.07, 6.45) is 0. The molecule has 0 aliphatic rings. The first-order chi connectivity index (χ1) is 12.3. The summed E-state index contributed by atoms with van der Waals surface area (Å²) < 4.78 is 11.0. The molecule has 0 bridgehead atoms. The Balaban J connectivity index is 0.00000364. The van der Waals surface area contributed by atoms with Gasteiger partial charge in [0.15, 0.2) is 5.52 Å². The van der Waals surface area contributed by atoms with Gasteiger partial charge in [0, 0.05) is 12.2 Å². The summed E-state index contributed by atoms with van der Waals surface area (Å²) in [5.74, 6) is 0.821. The van der Waals surface area contributed by atoms with Gasteiger partial charge in [0.2, 0.25) is 0 Å². The van der Waals surface area contributed by atoms with Gasteiger partial charge in [0.1, 0.15) is 12.4 Å². The Kier molecular flexibility index (Phi) is 9.78. The predicted octanol–water partition coefficient (Wildman–Crippen LogP) is 4.14. The summed E-state index contributed by atoms with van der Waals surface area (Å²) in [7, 11) is 0.120. The third kappa shape index (κ3) is 6.20. The molecule has 0 N–H and O–H groups in total. The Hall–Kier alpha value is -1.10. The van der Waals surface area contributed by atoms with Gasteiger partial charge in [0.25, 0.3) is 0 Å². The van der Waals surface area contributed by atoms with E-state index < -0.39 is 0 Å². The third-order valence-electron chi connectivity index (χ3n) is 4.73. The fourth-order valence-electron chi connectivity index (χ4n) is 3.05. The molecule has 0 aromatic heterocycles. The van der Waals surface area contributed by atoms with E-state index in [2.05, 4.69) is 26.8 Å². The molecule has 1 unspecified atom stereocenters. The Bertz CT molecular complexity index is 803. The van der Waals surface area contributed by atoms with Crippen LogP contribution in [-0.4, -0.2) is 44.2 Å². The van der Waals surface area contributed by atoms with Gasteiger partial charge in [-0.15, -0.1) is 0 Å². The summed E-state index contributed by atoms with van der Waals surface area (Å²) in [5, 5.41) is 1.07. The number of hydrogen-bond donors (Lipinski definition) is 0. The maximum absolute atomic E-state index is 13.0. The molecule has 5 heteroatoms. The molecule has 0 heterocycles. The van der Waals surface area contributed by atoms with E-state index in [1.54, 1.807) is 0 Å². The van der Waals surface area contributed by atoms with E-state index in [1.165, 1.54) is 11.1 Å². The Morgan fingerprint density at radius 1 is 0.926 bits per heavy atom. The number of aryl methyl sites for hydroxylation is 3. The molecule has 1 atom stereocenters. The SMILES string of the molecule is CCOCCOc1ccc(PC(=O)c2c(C)cc(C)c(C)c2C)c(C)c1.[LiH]. The standard InChI is InChI=1S/C22H29O3P.Li.H/c1-7-24-10-11-25-19-8-9-20(15(3)13-19)26-22(23)21-16(4)12-14(2)17(5)18(21)6;;/h8-9,12-13,26H,7,10-11H2,1-6H3;;. The van der Waals surface area contributed by atoms with E-state index in [-0.39, 0.29) is 33.0 Å². The van der Waals surface area contributed by atoms with Gasteiger partial charge in [0.05, 0.1) is 6.61 Å². The topological polar surface area (TPSA) is 35.5 Å². The zero-order valence-corrected chi connectivity index (χ0v) is 17.7. The number of hydrogen-bond acceptors (Lipinski definition) is 3. The van der Waals surface area contributed by atoms with Gasteiger partial charge in [-0.05, 0) is 95.4 Å². The van der Waals surface area contributed by atoms with Crippen LogP contribution in [0.1, 0.15) is 45.1 Å². The van der Waals surface area contributed by atoms with E-state index in [1.807, 2.05) is 39.0 Å². The van der Waals surface area contributed by atoms with Gasteiger partial charge in [-0.25, -0.2) is 0 Å². The monoisotopic (exact) mass is 380 g/mol. The molecule has 2 aromatic rings. The summed E-state index contributed by atoms with van der Waals surface area (Å²) in [4.78, 5) is 13.0. The summed E-state index contributed by atoms with van der Waals surface area (Å²) in [6, 6.07) is 8.06. The van der Waals surface area contributed by atoms with Crippen molar-refractivity contribution in [3.63, 3.8) is 0 Å². The zero-order chi connectivity index (χ0) is 19.3. The van der Waals surface area contributed by atoms with Crippen LogP contribution >= 0.6 is 8.58 Å². The van der Waals surface area contributed by atoms with Crippen molar-refractivity contribution < 1.29 is 14.3 Å². The first kappa shape index (κ1) is 23.9. The van der Waals surface area contributed by atoms with E-state index >= 15 is 0 Å². The fraction of sp³-hybridized carbons (Fsp3) is 0.409. The van der Waals surface area contributed by atoms with Crippen molar-refractivity contribution in [2.75, 3.05) is 19.8 Å². The molecule has 27 heavy (non-hydrogen) atoms. The van der Waals surface area contributed by atoms with Crippen LogP contribution in [0.4, 0.5) is 0 Å². The molecule has 0 radical (unpaired) electrons. The molecule has 2 rings (SSSR count). The number of carbonyl (C=O) groups is 1. The third-order valence-corrected chi connectivity index (χ3v) is 6.04. The van der Waals surface area contributed by atoms with Crippen LogP contribution in [-0.2, 0) is 4.74 Å². The summed E-state index contributed by atoms with van der Waals surface area (Å²) in [5.41, 5.74) is 6.79. The van der Waals surface area contributed by atoms with Crippen molar-refractivity contribution in [2.24, 2.45) is 0 Å². The van der Waals surface area contributed by atoms with Gasteiger partial charge in [-0.1, -0.05) is 12.1 Å². The number of benzene rings is 2. The molecule has 142 valence electrons. The van der Waals surface area contributed by atoms with Crippen molar-refractivity contribution in [1.29, 1.82) is 0 Å². The van der Waals surface area contributed by atoms with E-state index in [4.69, 9.17) is 9.47 Å². The number of ether oxygens (including phenoxy) is 2. The van der Waals surface area contributed by atoms with Crippen molar-refractivity contribution >= 4 is 38.3 Å². The molecular weight excluding hydrogens is 350 g/mol. The van der Waals surface area contributed by atoms with Crippen LogP contribution in [0.5, 0.6) is 5.75 Å². The molecule has 0 aliphatic heterocycles. The minimum absolute atomic E-state index is 0. The predicted molar refractivity (Wildman–Crippen MR) is 118 cm³/mol. The average molecular weight is 380 g/mol. The summed E-state index contributed by atoms with van der Waals surface area (Å²) in [6.45, 7) is 14.1. The fourth-order valence-corrected chi connectivity index (χ4v) is 4.24. The Morgan fingerprint density at radius 3 is 2.26 bits per heavy atom. The number of rotatable bonds is 8. The minimum atomic E-state index is 0. The van der Waals surface area contributed by atoms with E-state index in [9.17, 15) is 4.79 Å². The molecule has 0 saturated heterocycles. The van der Waals surface area contributed by atoms with Crippen LogP contribution in [0.15, 0.2) is 24.3 Å². The normalized spacial score (nSPS) is 10.9. The quantitative estimate of drug-likeness (QED) is 0.392. The Labute approximate surface area is 177 Å². The molecule has 0 aliphatic carbocycles. The van der Waals surface area contributed by atoms with Gasteiger partial charge >= 0.3 is 18.9 Å². The molecule has 0 amide bonds. The summed E-state index contributed by atoms with van der Waals surface area (Å²) >= 11 is 0. The van der Waals surface area contributed by atoms with Gasteiger partial charge in [-0.3, -0.25) is 4.79 Å². The maximum atomic E-state index is 13.0. The number of carbonyl (C=O) groups excluding carboxylic acids is 1. The first-order valence-electron chi connectivity index (χ1n) is 9.05. The molecule has 3 nitrogen and oxygen atoms in total. The second kappa shape index (κ2) is 11.0. The molecule has 0 fully saturated rings. The molecule has 0 saturated carbocycles. The van der Waals surface area contributed by atoms with Crippen molar-refractivity contribution in [3.8, 4) is 5.75 Å². The van der Waals surface area contributed by atoms with Gasteiger partial charge < -0.3 is 9.47 Å². The zero-order valence-electron chi connectivity index (χ0n) is 16.7. The van der Waals surface area contributed by atoms with Crippen molar-refractivity contribution in [3.05, 3.63) is 57.6 Å². The van der Waals surface area contributed by atoms with Crippen molar-refractivity contribution in [2.45, 2.75) is 41.5 Å². The molecule has 2 aromatic carbocycles. The molecule has 0 spiro atoms. The van der Waals surface area contributed by atoms with E-state index in [0.717, 1.165) is 33.3 Å². The first-order valence-corrected chi connectivity index (χ1v) is 10.0. The van der Waals surface area contributed by atoms with Crippen LogP contribution in [0, 0.1) is 34.6 Å². The van der Waals surface area contributed by atoms with Crippen LogP contribution in [0.3, 0.4) is 0 Å².